The van der Waals surface area contributed by atoms with Crippen LogP contribution in [0.15, 0.2) is 24.4 Å². The van der Waals surface area contributed by atoms with Crippen LogP contribution in [0.5, 0.6) is 0 Å². The first-order valence-corrected chi connectivity index (χ1v) is 11.3. The van der Waals surface area contributed by atoms with Crippen LogP contribution in [-0.4, -0.2) is 51.7 Å². The third-order valence-corrected chi connectivity index (χ3v) is 5.99. The van der Waals surface area contributed by atoms with Gasteiger partial charge in [-0.15, -0.1) is 11.3 Å². The lowest BCUT2D eigenvalue weighted by Crippen LogP contribution is -2.36. The SMILES string of the molecule is COC(=O)CCN(CC(C)C)C(=O)c1cc(-c2ccc(C)s2)nc2c1cnn2C(C)C. The summed E-state index contributed by atoms with van der Waals surface area (Å²) < 4.78 is 6.62. The van der Waals surface area contributed by atoms with Crippen LogP contribution >= 0.6 is 11.3 Å². The Labute approximate surface area is 187 Å². The van der Waals surface area contributed by atoms with Crippen molar-refractivity contribution >= 4 is 34.2 Å². The lowest BCUT2D eigenvalue weighted by Gasteiger charge is -2.25. The Bertz CT molecular complexity index is 1080. The molecule has 0 aliphatic rings. The van der Waals surface area contributed by atoms with Crippen LogP contribution in [-0.2, 0) is 9.53 Å². The number of rotatable bonds is 8. The summed E-state index contributed by atoms with van der Waals surface area (Å²) in [5, 5.41) is 5.22. The van der Waals surface area contributed by atoms with E-state index >= 15 is 0 Å². The number of carbonyl (C=O) groups is 2. The number of fused-ring (bicyclic) bond motifs is 1. The highest BCUT2D eigenvalue weighted by Gasteiger charge is 2.24. The highest BCUT2D eigenvalue weighted by atomic mass is 32.1. The van der Waals surface area contributed by atoms with E-state index in [9.17, 15) is 9.59 Å². The monoisotopic (exact) mass is 442 g/mol. The molecule has 0 radical (unpaired) electrons. The van der Waals surface area contributed by atoms with E-state index in [-0.39, 0.29) is 30.3 Å². The van der Waals surface area contributed by atoms with Crippen LogP contribution in [0.1, 0.15) is 55.4 Å². The van der Waals surface area contributed by atoms with Crippen molar-refractivity contribution in [3.63, 3.8) is 0 Å². The first-order chi connectivity index (χ1) is 14.7. The fraction of sp³-hybridized carbons (Fsp3) is 0.478. The minimum Gasteiger partial charge on any atom is -0.469 e. The van der Waals surface area contributed by atoms with Crippen LogP contribution in [0.2, 0.25) is 0 Å². The van der Waals surface area contributed by atoms with Crippen molar-refractivity contribution in [3.8, 4) is 10.6 Å². The number of aromatic nitrogens is 3. The van der Waals surface area contributed by atoms with E-state index in [4.69, 9.17) is 9.72 Å². The third-order valence-electron chi connectivity index (χ3n) is 4.97. The smallest absolute Gasteiger partial charge is 0.307 e. The van der Waals surface area contributed by atoms with E-state index in [0.717, 1.165) is 16.0 Å². The molecule has 3 rings (SSSR count). The van der Waals surface area contributed by atoms with Gasteiger partial charge in [-0.25, -0.2) is 9.67 Å². The molecule has 3 aromatic heterocycles. The maximum absolute atomic E-state index is 13.7. The largest absolute Gasteiger partial charge is 0.469 e. The van der Waals surface area contributed by atoms with Gasteiger partial charge in [-0.05, 0) is 44.9 Å². The Kier molecular flexibility index (Phi) is 7.10. The molecule has 1 amide bonds. The van der Waals surface area contributed by atoms with Gasteiger partial charge in [0.25, 0.3) is 5.91 Å². The lowest BCUT2D eigenvalue weighted by atomic mass is 10.1. The molecule has 31 heavy (non-hydrogen) atoms. The fourth-order valence-corrected chi connectivity index (χ4v) is 4.31. The molecular weight excluding hydrogens is 412 g/mol. The number of esters is 1. The van der Waals surface area contributed by atoms with Gasteiger partial charge < -0.3 is 9.64 Å². The molecule has 166 valence electrons. The average molecular weight is 443 g/mol. The van der Waals surface area contributed by atoms with Crippen molar-refractivity contribution in [3.05, 3.63) is 34.8 Å². The first-order valence-electron chi connectivity index (χ1n) is 10.5. The van der Waals surface area contributed by atoms with Gasteiger partial charge in [-0.1, -0.05) is 13.8 Å². The summed E-state index contributed by atoms with van der Waals surface area (Å²) in [6.07, 6.45) is 1.87. The molecule has 0 atom stereocenters. The Morgan fingerprint density at radius 1 is 1.23 bits per heavy atom. The van der Waals surface area contributed by atoms with Gasteiger partial charge in [-0.2, -0.15) is 5.10 Å². The van der Waals surface area contributed by atoms with E-state index in [1.807, 2.05) is 37.6 Å². The summed E-state index contributed by atoms with van der Waals surface area (Å²) in [5.41, 5.74) is 2.01. The standard InChI is InChI=1S/C23H30N4O3S/c1-14(2)13-26(10-9-21(28)30-6)23(29)17-11-19(20-8-7-16(5)31-20)25-22-18(17)12-24-27(22)15(3)4/h7-8,11-12,14-15H,9-10,13H2,1-6H3. The maximum atomic E-state index is 13.7. The maximum Gasteiger partial charge on any atom is 0.307 e. The average Bonchev–Trinajstić information content (AvgIpc) is 3.35. The number of methoxy groups -OCH3 is 1. The predicted octanol–water partition coefficient (Wildman–Crippen LogP) is 4.71. The van der Waals surface area contributed by atoms with E-state index in [1.165, 1.54) is 12.0 Å². The summed E-state index contributed by atoms with van der Waals surface area (Å²) in [4.78, 5) is 34.2. The van der Waals surface area contributed by atoms with Gasteiger partial charge in [-0.3, -0.25) is 9.59 Å². The number of thiophene rings is 1. The minimum atomic E-state index is -0.330. The zero-order valence-corrected chi connectivity index (χ0v) is 19.8. The predicted molar refractivity (Wildman–Crippen MR) is 123 cm³/mol. The number of hydrogen-bond acceptors (Lipinski definition) is 6. The van der Waals surface area contributed by atoms with E-state index in [2.05, 4.69) is 25.0 Å². The summed E-state index contributed by atoms with van der Waals surface area (Å²) in [6.45, 7) is 11.1. The quantitative estimate of drug-likeness (QED) is 0.472. The van der Waals surface area contributed by atoms with Crippen LogP contribution in [0.3, 0.4) is 0 Å². The number of aryl methyl sites for hydroxylation is 1. The van der Waals surface area contributed by atoms with Gasteiger partial charge in [0.2, 0.25) is 0 Å². The van der Waals surface area contributed by atoms with Crippen molar-refractivity contribution in [2.45, 2.75) is 47.1 Å². The molecule has 0 spiro atoms. The molecule has 0 bridgehead atoms. The van der Waals surface area contributed by atoms with Crippen molar-refractivity contribution < 1.29 is 14.3 Å². The Balaban J connectivity index is 2.11. The molecule has 3 aromatic rings. The Morgan fingerprint density at radius 2 is 1.97 bits per heavy atom. The van der Waals surface area contributed by atoms with Gasteiger partial charge in [0.15, 0.2) is 5.65 Å². The normalized spacial score (nSPS) is 11.5. The van der Waals surface area contributed by atoms with Gasteiger partial charge in [0.1, 0.15) is 0 Å². The molecular formula is C23H30N4O3S. The van der Waals surface area contributed by atoms with Gasteiger partial charge >= 0.3 is 5.97 Å². The van der Waals surface area contributed by atoms with Crippen LogP contribution < -0.4 is 0 Å². The Hall–Kier alpha value is -2.74. The van der Waals surface area contributed by atoms with Crippen molar-refractivity contribution in [2.75, 3.05) is 20.2 Å². The molecule has 0 N–H and O–H groups in total. The number of pyridine rings is 1. The molecule has 0 saturated heterocycles. The molecule has 0 aliphatic carbocycles. The minimum absolute atomic E-state index is 0.111. The molecule has 0 unspecified atom stereocenters. The van der Waals surface area contributed by atoms with E-state index in [1.54, 1.807) is 22.4 Å². The lowest BCUT2D eigenvalue weighted by molar-refractivity contribution is -0.140. The third kappa shape index (κ3) is 5.12. The summed E-state index contributed by atoms with van der Waals surface area (Å²) in [6, 6.07) is 6.04. The first kappa shape index (κ1) is 22.9. The van der Waals surface area contributed by atoms with Gasteiger partial charge in [0.05, 0.1) is 41.2 Å². The number of carbonyl (C=O) groups excluding carboxylic acids is 2. The zero-order valence-electron chi connectivity index (χ0n) is 19.0. The highest BCUT2D eigenvalue weighted by Crippen LogP contribution is 2.31. The molecule has 8 heteroatoms. The summed E-state index contributed by atoms with van der Waals surface area (Å²) in [7, 11) is 1.36. The highest BCUT2D eigenvalue weighted by molar-refractivity contribution is 7.15. The topological polar surface area (TPSA) is 77.3 Å². The number of ether oxygens (including phenoxy) is 1. The van der Waals surface area contributed by atoms with Gasteiger partial charge in [0, 0.05) is 24.0 Å². The number of nitrogens with zero attached hydrogens (tertiary/aromatic N) is 4. The number of hydrogen-bond donors (Lipinski definition) is 0. The van der Waals surface area contributed by atoms with Crippen molar-refractivity contribution in [2.24, 2.45) is 5.92 Å². The summed E-state index contributed by atoms with van der Waals surface area (Å²) in [5.74, 6) is -0.191. The van der Waals surface area contributed by atoms with Crippen LogP contribution in [0.4, 0.5) is 0 Å². The molecule has 0 aromatic carbocycles. The second kappa shape index (κ2) is 9.60. The van der Waals surface area contributed by atoms with Crippen molar-refractivity contribution in [1.82, 2.24) is 19.7 Å². The van der Waals surface area contributed by atoms with Crippen LogP contribution in [0.25, 0.3) is 21.6 Å². The van der Waals surface area contributed by atoms with E-state index < -0.39 is 0 Å². The fourth-order valence-electron chi connectivity index (χ4n) is 3.49. The molecule has 0 fully saturated rings. The second-order valence-electron chi connectivity index (χ2n) is 8.36. The van der Waals surface area contributed by atoms with E-state index in [0.29, 0.717) is 24.3 Å². The second-order valence-corrected chi connectivity index (χ2v) is 9.64. The Morgan fingerprint density at radius 3 is 2.55 bits per heavy atom. The molecule has 3 heterocycles. The number of amides is 1. The molecule has 7 nitrogen and oxygen atoms in total. The van der Waals surface area contributed by atoms with Crippen molar-refractivity contribution in [1.29, 1.82) is 0 Å². The molecule has 0 saturated carbocycles. The van der Waals surface area contributed by atoms with Crippen LogP contribution in [0, 0.1) is 12.8 Å². The zero-order chi connectivity index (χ0) is 22.7. The molecule has 0 aliphatic heterocycles. The summed E-state index contributed by atoms with van der Waals surface area (Å²) >= 11 is 1.64.